The molecule has 4 nitrogen and oxygen atoms in total. The molecular formula is C9H5Cl3FN3OS. The molecule has 96 valence electrons. The van der Waals surface area contributed by atoms with Crippen molar-refractivity contribution in [3.63, 3.8) is 0 Å². The number of hydrogen-bond donors (Lipinski definition) is 0. The molecule has 18 heavy (non-hydrogen) atoms. The van der Waals surface area contributed by atoms with Crippen molar-refractivity contribution >= 4 is 51.9 Å². The number of nitrogens with zero attached hydrogens (tertiary/aromatic N) is 3. The lowest BCUT2D eigenvalue weighted by atomic mass is 10.1. The van der Waals surface area contributed by atoms with Gasteiger partial charge in [0.05, 0.1) is 6.04 Å². The zero-order valence-corrected chi connectivity index (χ0v) is 11.6. The van der Waals surface area contributed by atoms with Crippen LogP contribution in [-0.2, 0) is 3.92 Å². The molecule has 1 aliphatic rings. The molecule has 0 amide bonds. The lowest BCUT2D eigenvalue weighted by molar-refractivity contribution is 0.616. The van der Waals surface area contributed by atoms with E-state index in [1.54, 1.807) is 0 Å². The summed E-state index contributed by atoms with van der Waals surface area (Å²) in [6.07, 6.45) is 4.98. The molecule has 0 saturated heterocycles. The van der Waals surface area contributed by atoms with E-state index in [2.05, 4.69) is 5.10 Å². The van der Waals surface area contributed by atoms with Crippen LogP contribution in [0.1, 0.15) is 6.04 Å². The van der Waals surface area contributed by atoms with Crippen LogP contribution in [0.2, 0.25) is 0 Å². The molecule has 9 heteroatoms. The minimum atomic E-state index is -1.98. The number of alkyl halides is 3. The van der Waals surface area contributed by atoms with Gasteiger partial charge in [0, 0.05) is 4.86 Å². The highest BCUT2D eigenvalue weighted by atomic mass is 35.6. The maximum atomic E-state index is 12.9. The van der Waals surface area contributed by atoms with Gasteiger partial charge in [-0.2, -0.15) is 9.78 Å². The molecule has 2 rings (SSSR count). The Labute approximate surface area is 121 Å². The lowest BCUT2D eigenvalue weighted by Crippen LogP contribution is -2.34. The first kappa shape index (κ1) is 13.7. The van der Waals surface area contributed by atoms with Crippen molar-refractivity contribution in [2.24, 2.45) is 0 Å². The third kappa shape index (κ3) is 2.51. The Morgan fingerprint density at radius 2 is 2.11 bits per heavy atom. The minimum Gasteiger partial charge on any atom is -0.269 e. The van der Waals surface area contributed by atoms with Gasteiger partial charge in [-0.3, -0.25) is 4.57 Å². The van der Waals surface area contributed by atoms with Crippen molar-refractivity contribution in [2.75, 3.05) is 0 Å². The first-order valence-corrected chi connectivity index (χ1v) is 6.17. The Morgan fingerprint density at radius 3 is 2.61 bits per heavy atom. The van der Waals surface area contributed by atoms with E-state index in [9.17, 15) is 9.18 Å². The number of thiocarbonyl (C=S) groups is 1. The molecule has 0 spiro atoms. The molecule has 1 aliphatic carbocycles. The van der Waals surface area contributed by atoms with Crippen molar-refractivity contribution in [1.29, 1.82) is 0 Å². The van der Waals surface area contributed by atoms with E-state index in [1.807, 2.05) is 0 Å². The van der Waals surface area contributed by atoms with E-state index in [0.29, 0.717) is 4.68 Å². The molecule has 0 aliphatic heterocycles. The van der Waals surface area contributed by atoms with Gasteiger partial charge >= 0.3 is 5.69 Å². The van der Waals surface area contributed by atoms with Crippen LogP contribution in [0.4, 0.5) is 4.39 Å². The third-order valence-electron chi connectivity index (χ3n) is 2.24. The fourth-order valence-corrected chi connectivity index (χ4v) is 2.11. The molecule has 1 atom stereocenters. The van der Waals surface area contributed by atoms with E-state index in [-0.39, 0.29) is 4.86 Å². The van der Waals surface area contributed by atoms with Gasteiger partial charge in [-0.25, -0.2) is 9.18 Å². The Kier molecular flexibility index (Phi) is 3.64. The average Bonchev–Trinajstić information content (AvgIpc) is 2.60. The summed E-state index contributed by atoms with van der Waals surface area (Å²) >= 11 is 21.7. The molecule has 1 aromatic heterocycles. The normalized spacial score (nSPS) is 20.1. The summed E-state index contributed by atoms with van der Waals surface area (Å²) in [6.45, 7) is 0. The van der Waals surface area contributed by atoms with Gasteiger partial charge in [-0.05, 0) is 12.2 Å². The highest BCUT2D eigenvalue weighted by Gasteiger charge is 2.29. The quantitative estimate of drug-likeness (QED) is 0.588. The molecule has 0 aromatic carbocycles. The molecule has 1 aromatic rings. The van der Waals surface area contributed by atoms with Gasteiger partial charge in [0.15, 0.2) is 0 Å². The van der Waals surface area contributed by atoms with Crippen LogP contribution in [0.5, 0.6) is 0 Å². The number of halogens is 4. The van der Waals surface area contributed by atoms with Crippen molar-refractivity contribution in [1.82, 2.24) is 14.3 Å². The molecule has 0 saturated carbocycles. The van der Waals surface area contributed by atoms with Crippen molar-refractivity contribution in [3.8, 4) is 0 Å². The second-order valence-corrected chi connectivity index (χ2v) is 6.13. The van der Waals surface area contributed by atoms with E-state index in [4.69, 9.17) is 47.0 Å². The van der Waals surface area contributed by atoms with Crippen LogP contribution >= 0.6 is 47.0 Å². The standard InChI is InChI=1S/C9H5Cl3FN3OS/c10-9(11,12)16-8(17)15(4-14-16)6-2-1-5(13)3-7(6)18/h1-4,6H. The van der Waals surface area contributed by atoms with Crippen molar-refractivity contribution in [2.45, 2.75) is 9.96 Å². The number of rotatable bonds is 1. The molecule has 1 heterocycles. The van der Waals surface area contributed by atoms with Crippen molar-refractivity contribution in [3.05, 3.63) is 40.9 Å². The predicted molar refractivity (Wildman–Crippen MR) is 72.0 cm³/mol. The number of hydrogen-bond acceptors (Lipinski definition) is 3. The summed E-state index contributed by atoms with van der Waals surface area (Å²) in [5.41, 5.74) is -0.650. The summed E-state index contributed by atoms with van der Waals surface area (Å²) in [6, 6.07) is -0.618. The second-order valence-electron chi connectivity index (χ2n) is 3.44. The van der Waals surface area contributed by atoms with Crippen LogP contribution in [0.15, 0.2) is 35.2 Å². The zero-order chi connectivity index (χ0) is 13.5. The highest BCUT2D eigenvalue weighted by Crippen LogP contribution is 2.30. The molecule has 1 unspecified atom stereocenters. The maximum Gasteiger partial charge on any atom is 0.350 e. The van der Waals surface area contributed by atoms with E-state index >= 15 is 0 Å². The fraction of sp³-hybridized carbons (Fsp3) is 0.222. The second kappa shape index (κ2) is 4.77. The molecule has 0 N–H and O–H groups in total. The van der Waals surface area contributed by atoms with Gasteiger partial charge in [0.2, 0.25) is 0 Å². The first-order valence-electron chi connectivity index (χ1n) is 4.63. The smallest absolute Gasteiger partial charge is 0.269 e. The van der Waals surface area contributed by atoms with Gasteiger partial charge in [0.1, 0.15) is 12.2 Å². The van der Waals surface area contributed by atoms with Gasteiger partial charge in [-0.1, -0.05) is 53.1 Å². The molecule has 0 fully saturated rings. The van der Waals surface area contributed by atoms with E-state index in [1.165, 1.54) is 18.5 Å². The summed E-state index contributed by atoms with van der Waals surface area (Å²) in [5, 5.41) is 3.68. The van der Waals surface area contributed by atoms with Crippen LogP contribution in [0.25, 0.3) is 0 Å². The Hall–Kier alpha value is -0.690. The Morgan fingerprint density at radius 1 is 1.44 bits per heavy atom. The van der Waals surface area contributed by atoms with Crippen LogP contribution in [0.3, 0.4) is 0 Å². The van der Waals surface area contributed by atoms with Gasteiger partial charge < -0.3 is 0 Å². The first-order chi connectivity index (χ1) is 8.30. The SMILES string of the molecule is O=c1n(C2C=CC(F)=CC2=S)cnn1C(Cl)(Cl)Cl. The minimum absolute atomic E-state index is 0.237. The zero-order valence-electron chi connectivity index (χ0n) is 8.56. The topological polar surface area (TPSA) is 39.8 Å². The summed E-state index contributed by atoms with van der Waals surface area (Å²) < 4.78 is 12.8. The van der Waals surface area contributed by atoms with Gasteiger partial charge in [0.25, 0.3) is 3.92 Å². The summed E-state index contributed by atoms with van der Waals surface area (Å²) in [4.78, 5) is 12.2. The monoisotopic (exact) mass is 327 g/mol. The Bertz CT molecular complexity index is 613. The predicted octanol–water partition coefficient (Wildman–Crippen LogP) is 2.66. The number of allylic oxidation sites excluding steroid dienone is 4. The van der Waals surface area contributed by atoms with E-state index in [0.717, 1.165) is 10.6 Å². The van der Waals surface area contributed by atoms with Crippen molar-refractivity contribution < 1.29 is 4.39 Å². The van der Waals surface area contributed by atoms with Crippen LogP contribution < -0.4 is 5.69 Å². The molecular weight excluding hydrogens is 324 g/mol. The third-order valence-corrected chi connectivity index (χ3v) is 3.08. The summed E-state index contributed by atoms with van der Waals surface area (Å²) in [7, 11) is 0. The van der Waals surface area contributed by atoms with Gasteiger partial charge in [-0.15, -0.1) is 0 Å². The average molecular weight is 329 g/mol. The van der Waals surface area contributed by atoms with E-state index < -0.39 is 21.5 Å². The largest absolute Gasteiger partial charge is 0.350 e. The maximum absolute atomic E-state index is 12.9. The fourth-order valence-electron chi connectivity index (χ4n) is 1.46. The molecule has 0 bridgehead atoms. The summed E-state index contributed by atoms with van der Waals surface area (Å²) in [5.74, 6) is -0.474. The highest BCUT2D eigenvalue weighted by molar-refractivity contribution is 7.80. The van der Waals surface area contributed by atoms with Crippen LogP contribution in [-0.4, -0.2) is 19.2 Å². The number of aromatic nitrogens is 3. The molecule has 0 radical (unpaired) electrons. The lowest BCUT2D eigenvalue weighted by Gasteiger charge is -2.15. The Balaban J connectivity index is 2.44. The van der Waals surface area contributed by atoms with Crippen LogP contribution in [0, 0.1) is 0 Å².